The Balaban J connectivity index is 2.78. The molecule has 0 spiro atoms. The first-order valence-corrected chi connectivity index (χ1v) is 8.45. The molecule has 1 rings (SSSR count). The van der Waals surface area contributed by atoms with Crippen LogP contribution in [0.15, 0.2) is 24.3 Å². The van der Waals surface area contributed by atoms with Gasteiger partial charge in [-0.1, -0.05) is 45.9 Å². The SMILES string of the molecule is CCOc1ccccc1C(Cl)CN(CC(C)C)CC(C)C. The lowest BCUT2D eigenvalue weighted by Gasteiger charge is -2.28. The highest BCUT2D eigenvalue weighted by molar-refractivity contribution is 6.21. The summed E-state index contributed by atoms with van der Waals surface area (Å²) < 4.78 is 5.70. The van der Waals surface area contributed by atoms with Gasteiger partial charge >= 0.3 is 0 Å². The van der Waals surface area contributed by atoms with E-state index in [1.165, 1.54) is 0 Å². The van der Waals surface area contributed by atoms with E-state index in [1.807, 2.05) is 25.1 Å². The average Bonchev–Trinajstić information content (AvgIpc) is 2.38. The topological polar surface area (TPSA) is 12.5 Å². The van der Waals surface area contributed by atoms with Gasteiger partial charge in [0, 0.05) is 25.2 Å². The van der Waals surface area contributed by atoms with Crippen molar-refractivity contribution < 1.29 is 4.74 Å². The Morgan fingerprint density at radius 1 is 1.00 bits per heavy atom. The minimum atomic E-state index is -0.0368. The van der Waals surface area contributed by atoms with Crippen LogP contribution in [0.2, 0.25) is 0 Å². The van der Waals surface area contributed by atoms with Gasteiger partial charge in [0.1, 0.15) is 5.75 Å². The van der Waals surface area contributed by atoms with E-state index >= 15 is 0 Å². The molecule has 0 aliphatic heterocycles. The Morgan fingerprint density at radius 3 is 2.10 bits per heavy atom. The highest BCUT2D eigenvalue weighted by atomic mass is 35.5. The molecule has 0 bridgehead atoms. The van der Waals surface area contributed by atoms with Crippen molar-refractivity contribution in [3.63, 3.8) is 0 Å². The molecular weight excluding hydrogens is 282 g/mol. The summed E-state index contributed by atoms with van der Waals surface area (Å²) in [5.74, 6) is 2.21. The van der Waals surface area contributed by atoms with Crippen LogP contribution >= 0.6 is 11.6 Å². The van der Waals surface area contributed by atoms with Crippen LogP contribution in [0.25, 0.3) is 0 Å². The van der Waals surface area contributed by atoms with Gasteiger partial charge < -0.3 is 9.64 Å². The van der Waals surface area contributed by atoms with Crippen molar-refractivity contribution in [2.24, 2.45) is 11.8 Å². The van der Waals surface area contributed by atoms with Crippen LogP contribution in [0, 0.1) is 11.8 Å². The number of hydrogen-bond acceptors (Lipinski definition) is 2. The summed E-state index contributed by atoms with van der Waals surface area (Å²) in [5.41, 5.74) is 1.10. The standard InChI is InChI=1S/C18H30ClNO/c1-6-21-18-10-8-7-9-16(18)17(19)13-20(11-14(2)3)12-15(4)5/h7-10,14-15,17H,6,11-13H2,1-5H3. The number of rotatable bonds is 9. The van der Waals surface area contributed by atoms with Crippen LogP contribution in [0.5, 0.6) is 5.75 Å². The molecule has 0 aliphatic rings. The maximum absolute atomic E-state index is 6.69. The molecule has 0 aromatic heterocycles. The van der Waals surface area contributed by atoms with E-state index in [4.69, 9.17) is 16.3 Å². The van der Waals surface area contributed by atoms with Crippen LogP contribution in [0.3, 0.4) is 0 Å². The summed E-state index contributed by atoms with van der Waals surface area (Å²) in [6.07, 6.45) is 0. The highest BCUT2D eigenvalue weighted by Crippen LogP contribution is 2.30. The summed E-state index contributed by atoms with van der Waals surface area (Å²) >= 11 is 6.69. The Labute approximate surface area is 135 Å². The lowest BCUT2D eigenvalue weighted by Crippen LogP contribution is -2.34. The Morgan fingerprint density at radius 2 is 1.57 bits per heavy atom. The Bertz CT molecular complexity index is 396. The van der Waals surface area contributed by atoms with Crippen molar-refractivity contribution in [3.05, 3.63) is 29.8 Å². The summed E-state index contributed by atoms with van der Waals surface area (Å²) in [5, 5.41) is -0.0368. The van der Waals surface area contributed by atoms with Crippen molar-refractivity contribution >= 4 is 11.6 Å². The van der Waals surface area contributed by atoms with E-state index in [9.17, 15) is 0 Å². The van der Waals surface area contributed by atoms with Crippen molar-refractivity contribution in [1.82, 2.24) is 4.90 Å². The van der Waals surface area contributed by atoms with E-state index in [2.05, 4.69) is 38.7 Å². The van der Waals surface area contributed by atoms with Gasteiger partial charge in [0.25, 0.3) is 0 Å². The maximum atomic E-state index is 6.69. The fraction of sp³-hybridized carbons (Fsp3) is 0.667. The molecule has 0 fully saturated rings. The number of hydrogen-bond donors (Lipinski definition) is 0. The van der Waals surface area contributed by atoms with Gasteiger partial charge in [-0.25, -0.2) is 0 Å². The van der Waals surface area contributed by atoms with Crippen LogP contribution < -0.4 is 4.74 Å². The largest absolute Gasteiger partial charge is 0.494 e. The second-order valence-corrected chi connectivity index (χ2v) is 6.97. The normalized spacial score (nSPS) is 13.2. The molecule has 1 aromatic rings. The predicted octanol–water partition coefficient (Wildman–Crippen LogP) is 4.98. The van der Waals surface area contributed by atoms with E-state index < -0.39 is 0 Å². The summed E-state index contributed by atoms with van der Waals surface area (Å²) in [7, 11) is 0. The molecule has 0 saturated carbocycles. The Hall–Kier alpha value is -0.730. The molecule has 0 heterocycles. The number of halogens is 1. The molecule has 0 amide bonds. The first-order chi connectivity index (χ1) is 9.93. The molecule has 0 aliphatic carbocycles. The zero-order valence-corrected chi connectivity index (χ0v) is 14.9. The van der Waals surface area contributed by atoms with Crippen LogP contribution in [-0.4, -0.2) is 31.1 Å². The van der Waals surface area contributed by atoms with Gasteiger partial charge in [0.15, 0.2) is 0 Å². The molecule has 1 aromatic carbocycles. The van der Waals surface area contributed by atoms with Gasteiger partial charge in [0.2, 0.25) is 0 Å². The number of benzene rings is 1. The molecule has 2 nitrogen and oxygen atoms in total. The molecular formula is C18H30ClNO. The summed E-state index contributed by atoms with van der Waals surface area (Å²) in [6.45, 7) is 14.7. The van der Waals surface area contributed by atoms with Crippen molar-refractivity contribution in [1.29, 1.82) is 0 Å². The lowest BCUT2D eigenvalue weighted by molar-refractivity contribution is 0.218. The second kappa shape index (κ2) is 9.32. The van der Waals surface area contributed by atoms with E-state index in [-0.39, 0.29) is 5.38 Å². The monoisotopic (exact) mass is 311 g/mol. The number of ether oxygens (including phenoxy) is 1. The average molecular weight is 312 g/mol. The van der Waals surface area contributed by atoms with Gasteiger partial charge in [-0.2, -0.15) is 0 Å². The molecule has 0 radical (unpaired) electrons. The first-order valence-electron chi connectivity index (χ1n) is 8.02. The van der Waals surface area contributed by atoms with Gasteiger partial charge in [-0.15, -0.1) is 11.6 Å². The van der Waals surface area contributed by atoms with Gasteiger partial charge in [-0.05, 0) is 24.8 Å². The zero-order valence-electron chi connectivity index (χ0n) is 14.1. The third-order valence-corrected chi connectivity index (χ3v) is 3.59. The fourth-order valence-corrected chi connectivity index (χ4v) is 2.98. The fourth-order valence-electron chi connectivity index (χ4n) is 2.61. The first kappa shape index (κ1) is 18.3. The van der Waals surface area contributed by atoms with E-state index in [0.717, 1.165) is 30.9 Å². The zero-order chi connectivity index (χ0) is 15.8. The minimum Gasteiger partial charge on any atom is -0.494 e. The lowest BCUT2D eigenvalue weighted by atomic mass is 10.1. The van der Waals surface area contributed by atoms with Crippen LogP contribution in [0.1, 0.15) is 45.6 Å². The Kier molecular flexibility index (Phi) is 8.13. The smallest absolute Gasteiger partial charge is 0.124 e. The number of alkyl halides is 1. The molecule has 21 heavy (non-hydrogen) atoms. The van der Waals surface area contributed by atoms with Gasteiger partial charge in [-0.3, -0.25) is 0 Å². The molecule has 0 N–H and O–H groups in total. The summed E-state index contributed by atoms with van der Waals surface area (Å²) in [4.78, 5) is 2.47. The highest BCUT2D eigenvalue weighted by Gasteiger charge is 2.18. The van der Waals surface area contributed by atoms with Crippen molar-refractivity contribution in [2.75, 3.05) is 26.2 Å². The molecule has 1 unspecified atom stereocenters. The minimum absolute atomic E-state index is 0.0368. The van der Waals surface area contributed by atoms with Crippen LogP contribution in [0.4, 0.5) is 0 Å². The summed E-state index contributed by atoms with van der Waals surface area (Å²) in [6, 6.07) is 8.11. The molecule has 0 saturated heterocycles. The maximum Gasteiger partial charge on any atom is 0.124 e. The quantitative estimate of drug-likeness (QED) is 0.596. The van der Waals surface area contributed by atoms with Gasteiger partial charge in [0.05, 0.1) is 12.0 Å². The number of para-hydroxylation sites is 1. The van der Waals surface area contributed by atoms with Crippen molar-refractivity contribution in [2.45, 2.75) is 40.0 Å². The van der Waals surface area contributed by atoms with Crippen LogP contribution in [-0.2, 0) is 0 Å². The van der Waals surface area contributed by atoms with E-state index in [0.29, 0.717) is 18.4 Å². The van der Waals surface area contributed by atoms with Crippen molar-refractivity contribution in [3.8, 4) is 5.75 Å². The van der Waals surface area contributed by atoms with E-state index in [1.54, 1.807) is 0 Å². The number of nitrogens with zero attached hydrogens (tertiary/aromatic N) is 1. The molecule has 3 heteroatoms. The predicted molar refractivity (Wildman–Crippen MR) is 92.3 cm³/mol. The second-order valence-electron chi connectivity index (χ2n) is 6.44. The third-order valence-electron chi connectivity index (χ3n) is 3.22. The molecule has 120 valence electrons. The third kappa shape index (κ3) is 6.71. The molecule has 1 atom stereocenters.